The van der Waals surface area contributed by atoms with Crippen molar-refractivity contribution < 1.29 is 4.79 Å². The summed E-state index contributed by atoms with van der Waals surface area (Å²) in [6.45, 7) is 2.64. The molecule has 4 aromatic rings. The highest BCUT2D eigenvalue weighted by molar-refractivity contribution is 7.99. The van der Waals surface area contributed by atoms with Gasteiger partial charge in [-0.15, -0.1) is 10.2 Å². The lowest BCUT2D eigenvalue weighted by Gasteiger charge is -2.10. The topological polar surface area (TPSA) is 59.8 Å². The third-order valence-electron chi connectivity index (χ3n) is 4.60. The molecule has 1 aromatic heterocycles. The van der Waals surface area contributed by atoms with Gasteiger partial charge in [-0.2, -0.15) is 0 Å². The number of aromatic nitrogens is 3. The minimum Gasteiger partial charge on any atom is -0.325 e. The summed E-state index contributed by atoms with van der Waals surface area (Å²) in [7, 11) is 0. The summed E-state index contributed by atoms with van der Waals surface area (Å²) in [4.78, 5) is 12.6. The van der Waals surface area contributed by atoms with E-state index in [0.29, 0.717) is 27.6 Å². The van der Waals surface area contributed by atoms with Crippen LogP contribution >= 0.6 is 35.0 Å². The summed E-state index contributed by atoms with van der Waals surface area (Å²) in [5.41, 5.74) is 1.55. The van der Waals surface area contributed by atoms with Crippen LogP contribution in [0.4, 0.5) is 5.69 Å². The van der Waals surface area contributed by atoms with E-state index in [1.54, 1.807) is 12.1 Å². The molecule has 0 saturated heterocycles. The summed E-state index contributed by atoms with van der Waals surface area (Å²) < 4.78 is 1.94. The van der Waals surface area contributed by atoms with Gasteiger partial charge in [-0.05, 0) is 36.6 Å². The van der Waals surface area contributed by atoms with Crippen LogP contribution in [0.3, 0.4) is 0 Å². The van der Waals surface area contributed by atoms with Gasteiger partial charge in [0.15, 0.2) is 11.0 Å². The molecule has 0 radical (unpaired) electrons. The predicted octanol–water partition coefficient (Wildman–Crippen LogP) is 6.16. The second kappa shape index (κ2) is 9.08. The second-order valence-corrected chi connectivity index (χ2v) is 8.32. The van der Waals surface area contributed by atoms with Crippen LogP contribution in [0.15, 0.2) is 65.8 Å². The molecule has 0 aliphatic carbocycles. The Labute approximate surface area is 188 Å². The Balaban J connectivity index is 1.50. The minimum absolute atomic E-state index is 0.104. The van der Waals surface area contributed by atoms with Crippen molar-refractivity contribution in [2.75, 3.05) is 11.1 Å². The summed E-state index contributed by atoms with van der Waals surface area (Å²) in [5.74, 6) is 0.764. The molecule has 0 spiro atoms. The fourth-order valence-corrected chi connectivity index (χ4v) is 4.50. The summed E-state index contributed by atoms with van der Waals surface area (Å²) in [6.07, 6.45) is 0. The molecule has 0 aliphatic rings. The average Bonchev–Trinajstić information content (AvgIpc) is 3.15. The zero-order valence-corrected chi connectivity index (χ0v) is 18.4. The molecule has 1 N–H and O–H groups in total. The average molecular weight is 457 g/mol. The molecule has 5 nitrogen and oxygen atoms in total. The molecular formula is C22H18Cl2N4OS. The van der Waals surface area contributed by atoms with Gasteiger partial charge >= 0.3 is 0 Å². The monoisotopic (exact) mass is 456 g/mol. The number of hydrogen-bond acceptors (Lipinski definition) is 4. The second-order valence-electron chi connectivity index (χ2n) is 6.54. The highest BCUT2D eigenvalue weighted by Gasteiger charge is 2.17. The molecule has 0 saturated carbocycles. The molecule has 3 aromatic carbocycles. The van der Waals surface area contributed by atoms with Crippen molar-refractivity contribution >= 4 is 57.3 Å². The van der Waals surface area contributed by atoms with E-state index in [4.69, 9.17) is 23.2 Å². The lowest BCUT2D eigenvalue weighted by Crippen LogP contribution is -2.15. The molecule has 1 amide bonds. The van der Waals surface area contributed by atoms with E-state index in [2.05, 4.69) is 15.5 Å². The van der Waals surface area contributed by atoms with E-state index in [0.717, 1.165) is 22.0 Å². The standard InChI is InChI=1S/C22H18Cl2N4OS/c1-2-28-21(17-11-10-15(23)12-18(17)24)26-27-22(28)30-13-20(29)25-19-9-5-7-14-6-3-4-8-16(14)19/h3-12H,2,13H2,1H3,(H,25,29). The van der Waals surface area contributed by atoms with Gasteiger partial charge < -0.3 is 9.88 Å². The number of nitrogens with zero attached hydrogens (tertiary/aromatic N) is 3. The molecule has 0 unspecified atom stereocenters. The number of anilines is 1. The van der Waals surface area contributed by atoms with E-state index in [9.17, 15) is 4.79 Å². The number of nitrogens with one attached hydrogen (secondary N) is 1. The number of carbonyl (C=O) groups excluding carboxylic acids is 1. The predicted molar refractivity (Wildman–Crippen MR) is 124 cm³/mol. The number of thioether (sulfide) groups is 1. The van der Waals surface area contributed by atoms with Crippen LogP contribution in [0.5, 0.6) is 0 Å². The fraction of sp³-hybridized carbons (Fsp3) is 0.136. The van der Waals surface area contributed by atoms with E-state index in [1.165, 1.54) is 11.8 Å². The fourth-order valence-electron chi connectivity index (χ4n) is 3.20. The van der Waals surface area contributed by atoms with Crippen LogP contribution in [0.25, 0.3) is 22.2 Å². The molecule has 30 heavy (non-hydrogen) atoms. The maximum atomic E-state index is 12.6. The van der Waals surface area contributed by atoms with Crippen LogP contribution in [0.1, 0.15) is 6.92 Å². The zero-order chi connectivity index (χ0) is 21.1. The van der Waals surface area contributed by atoms with E-state index in [-0.39, 0.29) is 11.7 Å². The van der Waals surface area contributed by atoms with Crippen LogP contribution in [-0.4, -0.2) is 26.4 Å². The molecule has 0 atom stereocenters. The Morgan fingerprint density at radius 3 is 2.67 bits per heavy atom. The maximum absolute atomic E-state index is 12.6. The normalized spacial score (nSPS) is 11.0. The first-order valence-electron chi connectivity index (χ1n) is 9.36. The smallest absolute Gasteiger partial charge is 0.234 e. The van der Waals surface area contributed by atoms with Gasteiger partial charge in [0.2, 0.25) is 5.91 Å². The summed E-state index contributed by atoms with van der Waals surface area (Å²) in [5, 5.41) is 15.4. The first kappa shape index (κ1) is 20.7. The Hall–Kier alpha value is -2.54. The number of rotatable bonds is 6. The van der Waals surface area contributed by atoms with Crippen molar-refractivity contribution in [3.8, 4) is 11.4 Å². The zero-order valence-electron chi connectivity index (χ0n) is 16.1. The van der Waals surface area contributed by atoms with E-state index >= 15 is 0 Å². The van der Waals surface area contributed by atoms with Gasteiger partial charge in [-0.25, -0.2) is 0 Å². The van der Waals surface area contributed by atoms with Crippen LogP contribution in [0, 0.1) is 0 Å². The van der Waals surface area contributed by atoms with Crippen LogP contribution in [0.2, 0.25) is 10.0 Å². The van der Waals surface area contributed by atoms with Crippen molar-refractivity contribution in [3.05, 3.63) is 70.7 Å². The number of hydrogen-bond donors (Lipinski definition) is 1. The van der Waals surface area contributed by atoms with Crippen molar-refractivity contribution in [1.82, 2.24) is 14.8 Å². The van der Waals surface area contributed by atoms with E-state index in [1.807, 2.05) is 60.0 Å². The number of carbonyl (C=O) groups is 1. The lowest BCUT2D eigenvalue weighted by atomic mass is 10.1. The summed E-state index contributed by atoms with van der Waals surface area (Å²) >= 11 is 13.7. The molecule has 0 bridgehead atoms. The summed E-state index contributed by atoms with van der Waals surface area (Å²) in [6, 6.07) is 19.1. The van der Waals surface area contributed by atoms with Gasteiger partial charge in [0.25, 0.3) is 0 Å². The lowest BCUT2D eigenvalue weighted by molar-refractivity contribution is -0.113. The molecular weight excluding hydrogens is 439 g/mol. The third kappa shape index (κ3) is 4.31. The highest BCUT2D eigenvalue weighted by atomic mass is 35.5. The van der Waals surface area contributed by atoms with Gasteiger partial charge in [0, 0.05) is 28.2 Å². The first-order chi connectivity index (χ1) is 14.6. The van der Waals surface area contributed by atoms with Gasteiger partial charge in [-0.3, -0.25) is 4.79 Å². The van der Waals surface area contributed by atoms with Crippen LogP contribution in [-0.2, 0) is 11.3 Å². The largest absolute Gasteiger partial charge is 0.325 e. The molecule has 0 aliphatic heterocycles. The quantitative estimate of drug-likeness (QED) is 0.353. The number of halogens is 2. The van der Waals surface area contributed by atoms with Crippen molar-refractivity contribution in [1.29, 1.82) is 0 Å². The van der Waals surface area contributed by atoms with Gasteiger partial charge in [0.05, 0.1) is 10.8 Å². The molecule has 0 fully saturated rings. The minimum atomic E-state index is -0.104. The molecule has 8 heteroatoms. The SMILES string of the molecule is CCn1c(SCC(=O)Nc2cccc3ccccc23)nnc1-c1ccc(Cl)cc1Cl. The first-order valence-corrected chi connectivity index (χ1v) is 11.1. The Morgan fingerprint density at radius 2 is 1.87 bits per heavy atom. The Bertz CT molecular complexity index is 1220. The highest BCUT2D eigenvalue weighted by Crippen LogP contribution is 2.31. The Kier molecular flexibility index (Phi) is 6.27. The Morgan fingerprint density at radius 1 is 1.07 bits per heavy atom. The van der Waals surface area contributed by atoms with Gasteiger partial charge in [0.1, 0.15) is 0 Å². The van der Waals surface area contributed by atoms with Crippen molar-refractivity contribution in [2.45, 2.75) is 18.6 Å². The number of amides is 1. The van der Waals surface area contributed by atoms with E-state index < -0.39 is 0 Å². The maximum Gasteiger partial charge on any atom is 0.234 e. The van der Waals surface area contributed by atoms with Crippen LogP contribution < -0.4 is 5.32 Å². The number of benzene rings is 3. The van der Waals surface area contributed by atoms with Crippen molar-refractivity contribution in [2.24, 2.45) is 0 Å². The molecule has 4 rings (SSSR count). The van der Waals surface area contributed by atoms with Gasteiger partial charge in [-0.1, -0.05) is 71.4 Å². The molecule has 1 heterocycles. The number of fused-ring (bicyclic) bond motifs is 1. The van der Waals surface area contributed by atoms with Crippen molar-refractivity contribution in [3.63, 3.8) is 0 Å². The molecule has 152 valence electrons. The third-order valence-corrected chi connectivity index (χ3v) is 6.12.